The van der Waals surface area contributed by atoms with Gasteiger partial charge < -0.3 is 9.47 Å². The molecule has 50 valence electrons. The van der Waals surface area contributed by atoms with Crippen molar-refractivity contribution in [2.24, 2.45) is 0 Å². The van der Waals surface area contributed by atoms with Gasteiger partial charge >= 0.3 is 6.16 Å². The lowest BCUT2D eigenvalue weighted by molar-refractivity contribution is 0.139. The van der Waals surface area contributed by atoms with Crippen LogP contribution < -0.4 is 0 Å². The first-order chi connectivity index (χ1) is 4.20. The summed E-state index contributed by atoms with van der Waals surface area (Å²) in [6.07, 6.45) is -0.964. The van der Waals surface area contributed by atoms with Gasteiger partial charge in [-0.15, -0.1) is 0 Å². The van der Waals surface area contributed by atoms with Crippen molar-refractivity contribution in [1.82, 2.24) is 0 Å². The van der Waals surface area contributed by atoms with Gasteiger partial charge in [0.05, 0.1) is 0 Å². The molecule has 1 rings (SSSR count). The minimum Gasteiger partial charge on any atom is -0.425 e. The Balaban J connectivity index is 2.94. The highest BCUT2D eigenvalue weighted by Gasteiger charge is 2.21. The third kappa shape index (κ3) is 1.20. The van der Waals surface area contributed by atoms with E-state index in [1.165, 1.54) is 0 Å². The fourth-order valence-corrected chi connectivity index (χ4v) is 0.643. The normalized spacial score (nSPS) is 16.9. The average Bonchev–Trinajstić information content (AvgIpc) is 2.14. The number of hydrogen-bond acceptors (Lipinski definition) is 5. The predicted molar refractivity (Wildman–Crippen MR) is 26.4 cm³/mol. The summed E-state index contributed by atoms with van der Waals surface area (Å²) in [5, 5.41) is -0.361. The molecule has 0 bridgehead atoms. The van der Waals surface area contributed by atoms with Gasteiger partial charge in [0.15, 0.2) is 6.61 Å². The van der Waals surface area contributed by atoms with E-state index in [4.69, 9.17) is 0 Å². The molecule has 1 fully saturated rings. The molecule has 0 radical (unpaired) electrons. The van der Waals surface area contributed by atoms with Crippen LogP contribution in [-0.4, -0.2) is 26.2 Å². The monoisotopic (exact) mass is 150 g/mol. The van der Waals surface area contributed by atoms with Gasteiger partial charge in [0, 0.05) is 0 Å². The number of rotatable bonds is 0. The Morgan fingerprint density at radius 1 is 1.44 bits per heavy atom. The van der Waals surface area contributed by atoms with Gasteiger partial charge in [-0.3, -0.25) is 0 Å². The summed E-state index contributed by atoms with van der Waals surface area (Å²) in [7, 11) is -2.46. The first-order valence-electron chi connectivity index (χ1n) is 2.00. The highest BCUT2D eigenvalue weighted by atomic mass is 32.2. The Morgan fingerprint density at radius 3 is 2.33 bits per heavy atom. The Kier molecular flexibility index (Phi) is 1.39. The number of hydrogen-bond donors (Lipinski definition) is 0. The smallest absolute Gasteiger partial charge is 0.425 e. The van der Waals surface area contributed by atoms with Crippen LogP contribution in [0.3, 0.4) is 0 Å². The maximum Gasteiger partial charge on any atom is 0.515 e. The quantitative estimate of drug-likeness (QED) is 0.332. The van der Waals surface area contributed by atoms with E-state index in [0.717, 1.165) is 0 Å². The Bertz CT molecular complexity index is 252. The molecule has 0 saturated carbocycles. The fourth-order valence-electron chi connectivity index (χ4n) is 0.352. The van der Waals surface area contributed by atoms with Crippen molar-refractivity contribution < 1.29 is 22.7 Å². The Morgan fingerprint density at radius 2 is 2.11 bits per heavy atom. The molecule has 9 heavy (non-hydrogen) atoms. The van der Waals surface area contributed by atoms with Crippen molar-refractivity contribution in [3.05, 3.63) is 0 Å². The second-order valence-corrected chi connectivity index (χ2v) is 2.17. The summed E-state index contributed by atoms with van der Waals surface area (Å²) in [6.45, 7) is -0.283. The molecule has 5 nitrogen and oxygen atoms in total. The highest BCUT2D eigenvalue weighted by Crippen LogP contribution is 1.96. The van der Waals surface area contributed by atoms with Crippen LogP contribution in [0.2, 0.25) is 0 Å². The summed E-state index contributed by atoms with van der Waals surface area (Å²) in [5.41, 5.74) is 0. The second-order valence-electron chi connectivity index (χ2n) is 1.25. The molecule has 0 unspecified atom stereocenters. The number of ether oxygens (including phenoxy) is 2. The first-order valence-corrected chi connectivity index (χ1v) is 3.07. The van der Waals surface area contributed by atoms with Crippen LogP contribution >= 0.6 is 0 Å². The van der Waals surface area contributed by atoms with E-state index in [9.17, 15) is 13.2 Å². The molecule has 1 saturated heterocycles. The Hall–Kier alpha value is -1.04. The molecule has 1 aliphatic rings. The lowest BCUT2D eigenvalue weighted by atomic mass is 10.8. The second kappa shape index (κ2) is 2.06. The average molecular weight is 150 g/mol. The van der Waals surface area contributed by atoms with Crippen molar-refractivity contribution in [2.45, 2.75) is 0 Å². The van der Waals surface area contributed by atoms with Gasteiger partial charge in [-0.2, -0.15) is 8.42 Å². The molecule has 0 aliphatic carbocycles. The zero-order valence-corrected chi connectivity index (χ0v) is 4.97. The summed E-state index contributed by atoms with van der Waals surface area (Å²) in [5.74, 6) is 0. The van der Waals surface area contributed by atoms with E-state index in [-0.39, 0.29) is 11.7 Å². The van der Waals surface area contributed by atoms with Gasteiger partial charge in [-0.05, 0) is 0 Å². The maximum atomic E-state index is 10.0. The van der Waals surface area contributed by atoms with E-state index < -0.39 is 16.4 Å². The fraction of sp³-hybridized carbons (Fsp3) is 0.333. The largest absolute Gasteiger partial charge is 0.515 e. The number of cyclic esters (lactones) is 2. The van der Waals surface area contributed by atoms with Crippen molar-refractivity contribution in [2.75, 3.05) is 6.61 Å². The first kappa shape index (κ1) is 6.09. The number of carbonyl (C=O) groups is 1. The molecular formula is C3H2O5S. The molecule has 6 heteroatoms. The minimum absolute atomic E-state index is 0.283. The van der Waals surface area contributed by atoms with Crippen LogP contribution in [-0.2, 0) is 19.8 Å². The standard InChI is InChI=1S/C3H2O5S/c4-3-7-1-2(8-3)9(5)6/h1H2. The van der Waals surface area contributed by atoms with Crippen LogP contribution in [0.1, 0.15) is 0 Å². The van der Waals surface area contributed by atoms with Crippen molar-refractivity contribution in [1.29, 1.82) is 0 Å². The minimum atomic E-state index is -2.46. The third-order valence-corrected chi connectivity index (χ3v) is 1.26. The summed E-state index contributed by atoms with van der Waals surface area (Å²) < 4.78 is 28.1. The maximum absolute atomic E-state index is 10.0. The van der Waals surface area contributed by atoms with Crippen molar-refractivity contribution in [3.63, 3.8) is 0 Å². The zero-order valence-electron chi connectivity index (χ0n) is 4.16. The van der Waals surface area contributed by atoms with Crippen LogP contribution in [0.4, 0.5) is 4.79 Å². The molecule has 0 spiro atoms. The lowest BCUT2D eigenvalue weighted by Crippen LogP contribution is -1.99. The summed E-state index contributed by atoms with van der Waals surface area (Å²) in [4.78, 5) is 10.0. The van der Waals surface area contributed by atoms with Crippen molar-refractivity contribution in [3.8, 4) is 0 Å². The van der Waals surface area contributed by atoms with E-state index in [1.54, 1.807) is 0 Å². The molecule has 0 aromatic rings. The van der Waals surface area contributed by atoms with E-state index in [0.29, 0.717) is 0 Å². The SMILES string of the molecule is O=C1OCC(=S(=O)=O)O1. The third-order valence-electron chi connectivity index (χ3n) is 0.691. The van der Waals surface area contributed by atoms with Gasteiger partial charge in [-0.25, -0.2) is 4.79 Å². The lowest BCUT2D eigenvalue weighted by Gasteiger charge is -1.78. The van der Waals surface area contributed by atoms with Crippen LogP contribution in [0.5, 0.6) is 0 Å². The summed E-state index contributed by atoms with van der Waals surface area (Å²) in [6, 6.07) is 0. The molecule has 0 N–H and O–H groups in total. The molecule has 0 aromatic carbocycles. The van der Waals surface area contributed by atoms with Gasteiger partial charge in [0.25, 0.3) is 15.3 Å². The van der Waals surface area contributed by atoms with E-state index in [2.05, 4.69) is 9.47 Å². The van der Waals surface area contributed by atoms with Crippen LogP contribution in [0.25, 0.3) is 0 Å². The van der Waals surface area contributed by atoms with Crippen LogP contribution in [0, 0.1) is 0 Å². The van der Waals surface area contributed by atoms with Gasteiger partial charge in [0.2, 0.25) is 0 Å². The van der Waals surface area contributed by atoms with Gasteiger partial charge in [0.1, 0.15) is 0 Å². The van der Waals surface area contributed by atoms with Gasteiger partial charge in [-0.1, -0.05) is 0 Å². The highest BCUT2D eigenvalue weighted by molar-refractivity contribution is 7.72. The molecule has 0 aromatic heterocycles. The van der Waals surface area contributed by atoms with E-state index >= 15 is 0 Å². The molecule has 0 amide bonds. The predicted octanol–water partition coefficient (Wildman–Crippen LogP) is -0.838. The molecule has 0 atom stereocenters. The summed E-state index contributed by atoms with van der Waals surface area (Å²) >= 11 is 0. The van der Waals surface area contributed by atoms with E-state index in [1.807, 2.05) is 0 Å². The molecule has 1 aliphatic heterocycles. The molecular weight excluding hydrogens is 148 g/mol. The topological polar surface area (TPSA) is 69.7 Å². The van der Waals surface area contributed by atoms with Crippen molar-refractivity contribution >= 4 is 21.5 Å². The van der Waals surface area contributed by atoms with Crippen LogP contribution in [0.15, 0.2) is 0 Å². The Labute approximate surface area is 51.7 Å². The zero-order chi connectivity index (χ0) is 6.85. The number of carbonyl (C=O) groups excluding carboxylic acids is 1. The molecule has 1 heterocycles.